The molecule has 7 heteroatoms. The summed E-state index contributed by atoms with van der Waals surface area (Å²) in [5, 5.41) is 2.82. The molecule has 1 atom stereocenters. The number of aryl methyl sites for hydroxylation is 1. The first kappa shape index (κ1) is 20.4. The Morgan fingerprint density at radius 3 is 2.29 bits per heavy atom. The highest BCUT2D eigenvalue weighted by Crippen LogP contribution is 2.15. The van der Waals surface area contributed by atoms with Gasteiger partial charge in [-0.25, -0.2) is 8.42 Å². The molecule has 1 rings (SSSR count). The second kappa shape index (κ2) is 9.03. The highest BCUT2D eigenvalue weighted by molar-refractivity contribution is 7.88. The van der Waals surface area contributed by atoms with Crippen molar-refractivity contribution in [1.29, 1.82) is 0 Å². The fraction of sp³-hybridized carbons (Fsp3) is 0.588. The summed E-state index contributed by atoms with van der Waals surface area (Å²) in [6.07, 6.45) is 2.83. The molecule has 6 nitrogen and oxygen atoms in total. The van der Waals surface area contributed by atoms with Crippen molar-refractivity contribution in [3.05, 3.63) is 29.8 Å². The number of carbonyl (C=O) groups excluding carboxylic acids is 1. The van der Waals surface area contributed by atoms with E-state index < -0.39 is 10.0 Å². The van der Waals surface area contributed by atoms with Gasteiger partial charge in [0.05, 0.1) is 18.9 Å². The number of hydrogen-bond donors (Lipinski definition) is 1. The summed E-state index contributed by atoms with van der Waals surface area (Å²) in [5.74, 6) is 0.551. The van der Waals surface area contributed by atoms with E-state index in [1.165, 1.54) is 12.6 Å². The van der Waals surface area contributed by atoms with Crippen molar-refractivity contribution in [2.75, 3.05) is 19.8 Å². The van der Waals surface area contributed by atoms with Gasteiger partial charge in [0.1, 0.15) is 5.75 Å². The summed E-state index contributed by atoms with van der Waals surface area (Å²) >= 11 is 0. The highest BCUT2D eigenvalue weighted by Gasteiger charge is 2.16. The van der Waals surface area contributed by atoms with Gasteiger partial charge in [-0.05, 0) is 51.3 Å². The molecule has 0 aliphatic rings. The third-order valence-corrected chi connectivity index (χ3v) is 4.76. The molecule has 0 saturated heterocycles. The maximum absolute atomic E-state index is 11.8. The molecule has 0 bridgehead atoms. The Hall–Kier alpha value is -1.60. The molecule has 1 aromatic rings. The second-order valence-corrected chi connectivity index (χ2v) is 8.43. The Morgan fingerprint density at radius 2 is 1.79 bits per heavy atom. The van der Waals surface area contributed by atoms with Gasteiger partial charge in [0.25, 0.3) is 0 Å². The van der Waals surface area contributed by atoms with Crippen LogP contribution in [-0.2, 0) is 21.2 Å². The van der Waals surface area contributed by atoms with E-state index in [-0.39, 0.29) is 24.6 Å². The molecular weight excluding hydrogens is 328 g/mol. The van der Waals surface area contributed by atoms with Gasteiger partial charge in [0.15, 0.2) is 0 Å². The number of hydrogen-bond acceptors (Lipinski definition) is 4. The van der Waals surface area contributed by atoms with Crippen LogP contribution in [0.4, 0.5) is 0 Å². The molecule has 0 heterocycles. The van der Waals surface area contributed by atoms with Crippen LogP contribution in [-0.4, -0.2) is 50.6 Å². The van der Waals surface area contributed by atoms with Gasteiger partial charge in [0, 0.05) is 13.1 Å². The standard InChI is InChI=1S/C17H28N2O4S/c1-13(2)23-16-10-8-15(9-11-16)7-6-14(3)18-17(20)12-19(4)24(5,21)22/h8-11,13-14H,6-7,12H2,1-5H3,(H,18,20)/t14-/m0/s1. The Balaban J connectivity index is 2.40. The predicted molar refractivity (Wildman–Crippen MR) is 95.6 cm³/mol. The Bertz CT molecular complexity index is 626. The number of carbonyl (C=O) groups is 1. The maximum atomic E-state index is 11.8. The lowest BCUT2D eigenvalue weighted by molar-refractivity contribution is -0.121. The van der Waals surface area contributed by atoms with E-state index in [9.17, 15) is 13.2 Å². The zero-order valence-electron chi connectivity index (χ0n) is 15.1. The van der Waals surface area contributed by atoms with E-state index in [0.29, 0.717) is 0 Å². The number of sulfonamides is 1. The Morgan fingerprint density at radius 1 is 1.21 bits per heavy atom. The van der Waals surface area contributed by atoms with Gasteiger partial charge in [0.2, 0.25) is 15.9 Å². The highest BCUT2D eigenvalue weighted by atomic mass is 32.2. The van der Waals surface area contributed by atoms with Crippen LogP contribution in [0.25, 0.3) is 0 Å². The third-order valence-electron chi connectivity index (χ3n) is 3.50. The first-order chi connectivity index (χ1) is 11.1. The van der Waals surface area contributed by atoms with Crippen LogP contribution < -0.4 is 10.1 Å². The SMILES string of the molecule is CC(C)Oc1ccc(CC[C@H](C)NC(=O)CN(C)S(C)(=O)=O)cc1. The van der Waals surface area contributed by atoms with Gasteiger partial charge < -0.3 is 10.1 Å². The van der Waals surface area contributed by atoms with E-state index in [2.05, 4.69) is 5.32 Å². The van der Waals surface area contributed by atoms with Gasteiger partial charge >= 0.3 is 0 Å². The number of rotatable bonds is 9. The van der Waals surface area contributed by atoms with Crippen molar-refractivity contribution in [2.45, 2.75) is 45.8 Å². The molecule has 136 valence electrons. The summed E-state index contributed by atoms with van der Waals surface area (Å²) < 4.78 is 29.2. The quantitative estimate of drug-likeness (QED) is 0.732. The van der Waals surface area contributed by atoms with Crippen LogP contribution >= 0.6 is 0 Å². The summed E-state index contributed by atoms with van der Waals surface area (Å²) in [6, 6.07) is 7.89. The molecule has 0 aromatic heterocycles. The van der Waals surface area contributed by atoms with Crippen LogP contribution in [0.2, 0.25) is 0 Å². The van der Waals surface area contributed by atoms with E-state index in [0.717, 1.165) is 29.2 Å². The maximum Gasteiger partial charge on any atom is 0.235 e. The first-order valence-corrected chi connectivity index (χ1v) is 9.89. The van der Waals surface area contributed by atoms with E-state index in [1.54, 1.807) is 0 Å². The van der Waals surface area contributed by atoms with Gasteiger partial charge in [-0.3, -0.25) is 4.79 Å². The first-order valence-electron chi connectivity index (χ1n) is 8.04. The number of nitrogens with one attached hydrogen (secondary N) is 1. The van der Waals surface area contributed by atoms with Crippen LogP contribution in [0.1, 0.15) is 32.8 Å². The molecule has 0 aliphatic carbocycles. The number of ether oxygens (including phenoxy) is 1. The smallest absolute Gasteiger partial charge is 0.235 e. The molecule has 1 amide bonds. The molecule has 0 aliphatic heterocycles. The van der Waals surface area contributed by atoms with Crippen molar-refractivity contribution < 1.29 is 17.9 Å². The molecule has 0 fully saturated rings. The van der Waals surface area contributed by atoms with Crippen LogP contribution in [0.3, 0.4) is 0 Å². The summed E-state index contributed by atoms with van der Waals surface area (Å²) in [4.78, 5) is 11.8. The molecule has 1 N–H and O–H groups in total. The molecule has 0 unspecified atom stereocenters. The normalized spacial score (nSPS) is 13.1. The van der Waals surface area contributed by atoms with Gasteiger partial charge in [-0.2, -0.15) is 4.31 Å². The lowest BCUT2D eigenvalue weighted by Gasteiger charge is -2.17. The molecule has 0 saturated carbocycles. The summed E-state index contributed by atoms with van der Waals surface area (Å²) in [5.41, 5.74) is 1.17. The van der Waals surface area contributed by atoms with Crippen LogP contribution in [0.15, 0.2) is 24.3 Å². The molecule has 0 radical (unpaired) electrons. The van der Waals surface area contributed by atoms with Crippen molar-refractivity contribution in [2.24, 2.45) is 0 Å². The minimum absolute atomic E-state index is 0.0305. The predicted octanol–water partition coefficient (Wildman–Crippen LogP) is 1.80. The van der Waals surface area contributed by atoms with Crippen LogP contribution in [0, 0.1) is 0 Å². The van der Waals surface area contributed by atoms with Crippen molar-refractivity contribution in [3.8, 4) is 5.75 Å². The van der Waals surface area contributed by atoms with E-state index >= 15 is 0 Å². The number of benzene rings is 1. The average Bonchev–Trinajstić information content (AvgIpc) is 2.44. The van der Waals surface area contributed by atoms with E-state index in [1.807, 2.05) is 45.0 Å². The molecule has 1 aromatic carbocycles. The lowest BCUT2D eigenvalue weighted by Crippen LogP contribution is -2.41. The van der Waals surface area contributed by atoms with Crippen molar-refractivity contribution in [3.63, 3.8) is 0 Å². The third kappa shape index (κ3) is 7.79. The van der Waals surface area contributed by atoms with Gasteiger partial charge in [-0.1, -0.05) is 12.1 Å². The topological polar surface area (TPSA) is 75.7 Å². The minimum atomic E-state index is -3.34. The zero-order chi connectivity index (χ0) is 18.3. The number of nitrogens with zero attached hydrogens (tertiary/aromatic N) is 1. The van der Waals surface area contributed by atoms with Gasteiger partial charge in [-0.15, -0.1) is 0 Å². The van der Waals surface area contributed by atoms with Crippen molar-refractivity contribution in [1.82, 2.24) is 9.62 Å². The van der Waals surface area contributed by atoms with Crippen molar-refractivity contribution >= 4 is 15.9 Å². The minimum Gasteiger partial charge on any atom is -0.491 e. The lowest BCUT2D eigenvalue weighted by atomic mass is 10.1. The fourth-order valence-electron chi connectivity index (χ4n) is 2.10. The number of amides is 1. The molecule has 0 spiro atoms. The zero-order valence-corrected chi connectivity index (χ0v) is 15.9. The monoisotopic (exact) mass is 356 g/mol. The average molecular weight is 356 g/mol. The van der Waals surface area contributed by atoms with E-state index in [4.69, 9.17) is 4.74 Å². The second-order valence-electron chi connectivity index (χ2n) is 6.34. The largest absolute Gasteiger partial charge is 0.491 e. The molecule has 24 heavy (non-hydrogen) atoms. The fourth-order valence-corrected chi connectivity index (χ4v) is 2.45. The Labute approximate surface area is 145 Å². The van der Waals surface area contributed by atoms with Crippen LogP contribution in [0.5, 0.6) is 5.75 Å². The Kier molecular flexibility index (Phi) is 7.69. The molecular formula is C17H28N2O4S. The summed E-state index contributed by atoms with van der Waals surface area (Å²) in [6.45, 7) is 5.72. The number of likely N-dealkylation sites (N-methyl/N-ethyl adjacent to an activating group) is 1. The summed E-state index contributed by atoms with van der Waals surface area (Å²) in [7, 11) is -1.95.